The maximum absolute atomic E-state index is 11.7. The summed E-state index contributed by atoms with van der Waals surface area (Å²) < 4.78 is 15.3. The molecule has 0 aliphatic carbocycles. The second kappa shape index (κ2) is 12.4. The molecule has 2 heterocycles. The van der Waals surface area contributed by atoms with Crippen molar-refractivity contribution >= 4 is 11.9 Å². The minimum absolute atomic E-state index is 0.0558. The number of aliphatic hydroxyl groups is 1. The lowest BCUT2D eigenvalue weighted by atomic mass is 10.0. The third-order valence-electron chi connectivity index (χ3n) is 5.76. The van der Waals surface area contributed by atoms with E-state index in [0.29, 0.717) is 29.9 Å². The summed E-state index contributed by atoms with van der Waals surface area (Å²) in [5, 5.41) is 9.94. The van der Waals surface area contributed by atoms with Crippen molar-refractivity contribution in [1.29, 1.82) is 0 Å². The molecule has 0 aromatic carbocycles. The Morgan fingerprint density at radius 2 is 1.97 bits per heavy atom. The Hall–Kier alpha value is -2.60. The van der Waals surface area contributed by atoms with E-state index < -0.39 is 18.4 Å². The third kappa shape index (κ3) is 7.83. The monoisotopic (exact) mass is 444 g/mol. The fraction of sp³-hybridized carbons (Fsp3) is 0.538. The molecule has 3 atom stereocenters. The molecule has 0 saturated carbocycles. The molecule has 1 unspecified atom stereocenters. The molecule has 0 bridgehead atoms. The molecule has 0 aromatic rings. The Kier molecular flexibility index (Phi) is 9.97. The average Bonchev–Trinajstić information content (AvgIpc) is 3.22. The number of carbonyl (C=O) groups is 2. The summed E-state index contributed by atoms with van der Waals surface area (Å²) in [5.74, 6) is -0.211. The predicted octanol–water partition coefficient (Wildman–Crippen LogP) is 5.63. The molecule has 0 radical (unpaired) electrons. The first-order valence-electron chi connectivity index (χ1n) is 11.3. The Balaban J connectivity index is 1.66. The normalized spacial score (nSPS) is 23.1. The number of aliphatic hydroxyl groups excluding tert-OH is 1. The predicted molar refractivity (Wildman–Crippen MR) is 124 cm³/mol. The van der Waals surface area contributed by atoms with E-state index in [0.717, 1.165) is 31.3 Å². The van der Waals surface area contributed by atoms with E-state index in [2.05, 4.69) is 38.2 Å². The quantitative estimate of drug-likeness (QED) is 0.239. The summed E-state index contributed by atoms with van der Waals surface area (Å²) in [6.07, 6.45) is 14.2. The van der Waals surface area contributed by atoms with Crippen LogP contribution in [0.25, 0.3) is 0 Å². The summed E-state index contributed by atoms with van der Waals surface area (Å²) in [7, 11) is 1.52. The molecule has 0 fully saturated rings. The van der Waals surface area contributed by atoms with Crippen LogP contribution in [0.2, 0.25) is 0 Å². The van der Waals surface area contributed by atoms with Gasteiger partial charge in [-0.3, -0.25) is 0 Å². The Morgan fingerprint density at radius 3 is 2.59 bits per heavy atom. The molecule has 6 heteroatoms. The molecular weight excluding hydrogens is 408 g/mol. The largest absolute Gasteiger partial charge is 0.508 e. The number of rotatable bonds is 12. The highest BCUT2D eigenvalue weighted by Gasteiger charge is 2.31. The first-order valence-corrected chi connectivity index (χ1v) is 11.3. The summed E-state index contributed by atoms with van der Waals surface area (Å²) in [5.41, 5.74) is 3.38. The molecule has 2 rings (SSSR count). The van der Waals surface area contributed by atoms with Gasteiger partial charge in [0.25, 0.3) is 0 Å². The number of cyclic esters (lactones) is 2. The zero-order chi connectivity index (χ0) is 23.7. The van der Waals surface area contributed by atoms with Crippen LogP contribution in [0, 0.1) is 5.92 Å². The van der Waals surface area contributed by atoms with E-state index in [9.17, 15) is 14.7 Å². The Bertz CT molecular complexity index is 842. The van der Waals surface area contributed by atoms with Gasteiger partial charge in [0, 0.05) is 19.1 Å². The molecular formula is C26H36O6. The first kappa shape index (κ1) is 25.7. The van der Waals surface area contributed by atoms with Gasteiger partial charge in [-0.05, 0) is 64.9 Å². The highest BCUT2D eigenvalue weighted by molar-refractivity contribution is 5.91. The lowest BCUT2D eigenvalue weighted by Gasteiger charge is -2.11. The van der Waals surface area contributed by atoms with Crippen molar-refractivity contribution in [3.05, 3.63) is 58.4 Å². The van der Waals surface area contributed by atoms with Crippen LogP contribution in [0.5, 0.6) is 0 Å². The van der Waals surface area contributed by atoms with Crippen LogP contribution in [0.3, 0.4) is 0 Å². The number of methoxy groups -OCH3 is 1. The third-order valence-corrected chi connectivity index (χ3v) is 5.76. The van der Waals surface area contributed by atoms with Crippen molar-refractivity contribution in [2.24, 2.45) is 5.92 Å². The van der Waals surface area contributed by atoms with Gasteiger partial charge in [0.1, 0.15) is 5.76 Å². The SMILES string of the molecule is COC1C=C(CCC/C(C)=C/C=C/[C@@H](C)CC/C=C(/C)C[C@@H]2OC(=O)C(C)=C2O)C(=O)O1. The van der Waals surface area contributed by atoms with Gasteiger partial charge in [0.05, 0.1) is 5.57 Å². The van der Waals surface area contributed by atoms with Crippen molar-refractivity contribution in [3.8, 4) is 0 Å². The topological polar surface area (TPSA) is 82.1 Å². The van der Waals surface area contributed by atoms with Crippen molar-refractivity contribution < 1.29 is 28.9 Å². The van der Waals surface area contributed by atoms with Crippen molar-refractivity contribution in [1.82, 2.24) is 0 Å². The van der Waals surface area contributed by atoms with Crippen LogP contribution >= 0.6 is 0 Å². The van der Waals surface area contributed by atoms with E-state index >= 15 is 0 Å². The van der Waals surface area contributed by atoms with Gasteiger partial charge in [-0.1, -0.05) is 42.4 Å². The molecule has 0 aromatic heterocycles. The Morgan fingerprint density at radius 1 is 1.22 bits per heavy atom. The number of carbonyl (C=O) groups excluding carboxylic acids is 2. The number of esters is 2. The van der Waals surface area contributed by atoms with E-state index in [1.54, 1.807) is 13.0 Å². The van der Waals surface area contributed by atoms with Crippen molar-refractivity contribution in [2.75, 3.05) is 7.11 Å². The Labute approximate surface area is 191 Å². The molecule has 2 aliphatic rings. The highest BCUT2D eigenvalue weighted by Crippen LogP contribution is 2.25. The number of ether oxygens (including phenoxy) is 3. The van der Waals surface area contributed by atoms with E-state index in [1.807, 2.05) is 6.92 Å². The molecule has 32 heavy (non-hydrogen) atoms. The van der Waals surface area contributed by atoms with Gasteiger partial charge < -0.3 is 19.3 Å². The molecule has 2 aliphatic heterocycles. The maximum atomic E-state index is 11.7. The molecule has 0 spiro atoms. The molecule has 1 N–H and O–H groups in total. The molecule has 6 nitrogen and oxygen atoms in total. The molecule has 0 amide bonds. The second-order valence-electron chi connectivity index (χ2n) is 8.67. The minimum atomic E-state index is -0.541. The lowest BCUT2D eigenvalue weighted by molar-refractivity contribution is -0.155. The van der Waals surface area contributed by atoms with Gasteiger partial charge in [0.15, 0.2) is 6.10 Å². The number of hydrogen-bond acceptors (Lipinski definition) is 6. The lowest BCUT2D eigenvalue weighted by Crippen LogP contribution is -2.12. The van der Waals surface area contributed by atoms with Crippen LogP contribution in [0.1, 0.15) is 66.2 Å². The fourth-order valence-electron chi connectivity index (χ4n) is 3.62. The van der Waals surface area contributed by atoms with Gasteiger partial charge in [-0.25, -0.2) is 9.59 Å². The van der Waals surface area contributed by atoms with Crippen molar-refractivity contribution in [2.45, 2.75) is 78.6 Å². The van der Waals surface area contributed by atoms with Crippen LogP contribution in [0.4, 0.5) is 0 Å². The zero-order valence-electron chi connectivity index (χ0n) is 19.8. The van der Waals surface area contributed by atoms with Gasteiger partial charge in [0.2, 0.25) is 6.29 Å². The first-order chi connectivity index (χ1) is 15.2. The van der Waals surface area contributed by atoms with Crippen molar-refractivity contribution in [3.63, 3.8) is 0 Å². The van der Waals surface area contributed by atoms with E-state index in [-0.39, 0.29) is 11.7 Å². The highest BCUT2D eigenvalue weighted by atomic mass is 16.7. The average molecular weight is 445 g/mol. The maximum Gasteiger partial charge on any atom is 0.338 e. The fourth-order valence-corrected chi connectivity index (χ4v) is 3.62. The zero-order valence-corrected chi connectivity index (χ0v) is 19.8. The standard InChI is InChI=1S/C26H36O6/c1-17(11-7-13-19(3)15-22-24(27)20(4)25(28)31-22)9-6-10-18(2)12-8-14-21-16-23(30-5)32-26(21)29/h6,9-10,13,16-17,22-23,27H,7-8,11-12,14-15H2,1-5H3/b9-6+,18-10+,19-13-/t17-,22+,23?/m1/s1. The summed E-state index contributed by atoms with van der Waals surface area (Å²) >= 11 is 0. The molecule has 0 saturated heterocycles. The van der Waals surface area contributed by atoms with Crippen LogP contribution in [-0.2, 0) is 23.8 Å². The summed E-state index contributed by atoms with van der Waals surface area (Å²) in [6, 6.07) is 0. The molecule has 176 valence electrons. The summed E-state index contributed by atoms with van der Waals surface area (Å²) in [4.78, 5) is 23.2. The minimum Gasteiger partial charge on any atom is -0.508 e. The number of allylic oxidation sites excluding steroid dienone is 5. The second-order valence-corrected chi connectivity index (χ2v) is 8.67. The van der Waals surface area contributed by atoms with Crippen LogP contribution in [-0.4, -0.2) is 36.5 Å². The van der Waals surface area contributed by atoms with Crippen LogP contribution in [0.15, 0.2) is 58.4 Å². The van der Waals surface area contributed by atoms with E-state index in [1.165, 1.54) is 12.7 Å². The smallest absolute Gasteiger partial charge is 0.338 e. The van der Waals surface area contributed by atoms with Gasteiger partial charge in [-0.2, -0.15) is 0 Å². The van der Waals surface area contributed by atoms with Gasteiger partial charge in [-0.15, -0.1) is 0 Å². The summed E-state index contributed by atoms with van der Waals surface area (Å²) in [6.45, 7) is 7.87. The van der Waals surface area contributed by atoms with Crippen LogP contribution < -0.4 is 0 Å². The van der Waals surface area contributed by atoms with Gasteiger partial charge >= 0.3 is 11.9 Å². The van der Waals surface area contributed by atoms with E-state index in [4.69, 9.17) is 14.2 Å². The number of hydrogen-bond donors (Lipinski definition) is 1.